The minimum atomic E-state index is -0.579. The summed E-state index contributed by atoms with van der Waals surface area (Å²) in [5.74, 6) is -0.151. The zero-order chi connectivity index (χ0) is 21.1. The largest absolute Gasteiger partial charge is 0.467 e. The van der Waals surface area contributed by atoms with Gasteiger partial charge in [0, 0.05) is 5.69 Å². The Kier molecular flexibility index (Phi) is 5.67. The monoisotopic (exact) mass is 423 g/mol. The average molecular weight is 423 g/mol. The van der Waals surface area contributed by atoms with Gasteiger partial charge in [0.1, 0.15) is 11.6 Å². The first-order chi connectivity index (χ1) is 14.5. The average Bonchev–Trinajstić information content (AvgIpc) is 3.24. The Bertz CT molecular complexity index is 1250. The molecule has 0 saturated heterocycles. The summed E-state index contributed by atoms with van der Waals surface area (Å²) >= 11 is 1.16. The van der Waals surface area contributed by atoms with Crippen LogP contribution in [0.15, 0.2) is 81.3 Å². The predicted octanol–water partition coefficient (Wildman–Crippen LogP) is 4.30. The van der Waals surface area contributed by atoms with Gasteiger partial charge in [-0.25, -0.2) is 9.37 Å². The zero-order valence-corrected chi connectivity index (χ0v) is 16.9. The third kappa shape index (κ3) is 4.28. The van der Waals surface area contributed by atoms with Crippen LogP contribution in [0.5, 0.6) is 0 Å². The molecule has 1 unspecified atom stereocenters. The SMILES string of the molecule is CC(Sc1nc2ccccc2c(=O)n1Cc1ccco1)C(=O)Nc1cccc(F)c1. The molecule has 1 amide bonds. The highest BCUT2D eigenvalue weighted by molar-refractivity contribution is 8.00. The number of carbonyl (C=O) groups excluding carboxylic acids is 1. The smallest absolute Gasteiger partial charge is 0.262 e. The van der Waals surface area contributed by atoms with Gasteiger partial charge in [-0.15, -0.1) is 0 Å². The number of hydrogen-bond acceptors (Lipinski definition) is 5. The van der Waals surface area contributed by atoms with Crippen molar-refractivity contribution in [3.05, 3.63) is 88.9 Å². The van der Waals surface area contributed by atoms with Gasteiger partial charge in [-0.05, 0) is 49.4 Å². The number of amides is 1. The molecule has 8 heteroatoms. The Morgan fingerprint density at radius 2 is 2.03 bits per heavy atom. The first-order valence-electron chi connectivity index (χ1n) is 9.26. The van der Waals surface area contributed by atoms with Crippen LogP contribution in [-0.4, -0.2) is 20.7 Å². The van der Waals surface area contributed by atoms with E-state index in [2.05, 4.69) is 10.3 Å². The third-order valence-corrected chi connectivity index (χ3v) is 5.55. The lowest BCUT2D eigenvalue weighted by atomic mass is 10.2. The molecule has 0 saturated carbocycles. The van der Waals surface area contributed by atoms with E-state index in [1.165, 1.54) is 29.0 Å². The molecule has 30 heavy (non-hydrogen) atoms. The molecule has 1 N–H and O–H groups in total. The zero-order valence-electron chi connectivity index (χ0n) is 16.0. The maximum atomic E-state index is 13.4. The van der Waals surface area contributed by atoms with Gasteiger partial charge in [-0.2, -0.15) is 0 Å². The van der Waals surface area contributed by atoms with Crippen LogP contribution in [0.4, 0.5) is 10.1 Å². The van der Waals surface area contributed by atoms with Gasteiger partial charge >= 0.3 is 0 Å². The van der Waals surface area contributed by atoms with Crippen molar-refractivity contribution >= 4 is 34.3 Å². The van der Waals surface area contributed by atoms with Crippen molar-refractivity contribution in [2.45, 2.75) is 23.9 Å². The Balaban J connectivity index is 1.65. The van der Waals surface area contributed by atoms with Crippen LogP contribution >= 0.6 is 11.8 Å². The second kappa shape index (κ2) is 8.54. The van der Waals surface area contributed by atoms with Crippen LogP contribution in [0.25, 0.3) is 10.9 Å². The van der Waals surface area contributed by atoms with E-state index in [1.54, 1.807) is 49.4 Å². The first kappa shape index (κ1) is 19.9. The van der Waals surface area contributed by atoms with E-state index in [0.29, 0.717) is 27.5 Å². The highest BCUT2D eigenvalue weighted by atomic mass is 32.2. The Morgan fingerprint density at radius 1 is 1.20 bits per heavy atom. The molecule has 0 aliphatic carbocycles. The van der Waals surface area contributed by atoms with Gasteiger partial charge < -0.3 is 9.73 Å². The Hall–Kier alpha value is -3.39. The molecule has 2 heterocycles. The number of carbonyl (C=O) groups is 1. The minimum Gasteiger partial charge on any atom is -0.467 e. The molecule has 0 bridgehead atoms. The van der Waals surface area contributed by atoms with E-state index in [1.807, 2.05) is 0 Å². The second-order valence-electron chi connectivity index (χ2n) is 6.64. The number of hydrogen-bond donors (Lipinski definition) is 1. The van der Waals surface area contributed by atoms with Crippen LogP contribution < -0.4 is 10.9 Å². The van der Waals surface area contributed by atoms with Crippen molar-refractivity contribution in [2.24, 2.45) is 0 Å². The summed E-state index contributed by atoms with van der Waals surface area (Å²) in [6.45, 7) is 1.90. The summed E-state index contributed by atoms with van der Waals surface area (Å²) in [4.78, 5) is 30.3. The number of nitrogens with one attached hydrogen (secondary N) is 1. The molecule has 6 nitrogen and oxygen atoms in total. The summed E-state index contributed by atoms with van der Waals surface area (Å²) in [7, 11) is 0. The molecule has 0 spiro atoms. The standard InChI is InChI=1S/C22H18FN3O3S/c1-14(20(27)24-16-7-4-6-15(23)12-16)30-22-25-19-10-3-2-9-18(19)21(28)26(22)13-17-8-5-11-29-17/h2-12,14H,13H2,1H3,(H,24,27). The summed E-state index contributed by atoms with van der Waals surface area (Å²) in [6, 6.07) is 16.3. The van der Waals surface area contributed by atoms with Crippen molar-refractivity contribution in [2.75, 3.05) is 5.32 Å². The first-order valence-corrected chi connectivity index (χ1v) is 10.1. The van der Waals surface area contributed by atoms with E-state index < -0.39 is 11.1 Å². The maximum Gasteiger partial charge on any atom is 0.262 e. The topological polar surface area (TPSA) is 77.1 Å². The molecule has 0 radical (unpaired) electrons. The highest BCUT2D eigenvalue weighted by Gasteiger charge is 2.20. The van der Waals surface area contributed by atoms with E-state index in [9.17, 15) is 14.0 Å². The lowest BCUT2D eigenvalue weighted by Crippen LogP contribution is -2.27. The second-order valence-corrected chi connectivity index (χ2v) is 7.95. The number of thioether (sulfide) groups is 1. The van der Waals surface area contributed by atoms with Crippen molar-refractivity contribution in [1.82, 2.24) is 9.55 Å². The quantitative estimate of drug-likeness (QED) is 0.370. The van der Waals surface area contributed by atoms with Gasteiger partial charge in [0.25, 0.3) is 5.56 Å². The van der Waals surface area contributed by atoms with Crippen LogP contribution in [-0.2, 0) is 11.3 Å². The number of furan rings is 1. The molecule has 2 aromatic carbocycles. The fourth-order valence-electron chi connectivity index (χ4n) is 2.96. The number of benzene rings is 2. The van der Waals surface area contributed by atoms with Crippen molar-refractivity contribution < 1.29 is 13.6 Å². The number of aromatic nitrogens is 2. The molecule has 1 atom stereocenters. The van der Waals surface area contributed by atoms with Gasteiger partial charge in [0.05, 0.1) is 29.0 Å². The molecule has 152 valence electrons. The predicted molar refractivity (Wildman–Crippen MR) is 114 cm³/mol. The molecular formula is C22H18FN3O3S. The fourth-order valence-corrected chi connectivity index (χ4v) is 3.87. The summed E-state index contributed by atoms with van der Waals surface area (Å²) in [5.41, 5.74) is 0.711. The highest BCUT2D eigenvalue weighted by Crippen LogP contribution is 2.24. The minimum absolute atomic E-state index is 0.199. The molecule has 0 aliphatic rings. The number of halogens is 1. The number of nitrogens with zero attached hydrogens (tertiary/aromatic N) is 2. The molecule has 2 aromatic heterocycles. The number of anilines is 1. The van der Waals surface area contributed by atoms with Crippen LogP contribution in [0.3, 0.4) is 0 Å². The number of rotatable bonds is 6. The van der Waals surface area contributed by atoms with E-state index in [0.717, 1.165) is 11.8 Å². The van der Waals surface area contributed by atoms with Gasteiger partial charge in [-0.1, -0.05) is 30.0 Å². The van der Waals surface area contributed by atoms with Crippen LogP contribution in [0, 0.1) is 5.82 Å². The molecule has 0 fully saturated rings. The molecule has 4 rings (SSSR count). The maximum absolute atomic E-state index is 13.4. The van der Waals surface area contributed by atoms with Crippen LogP contribution in [0.2, 0.25) is 0 Å². The van der Waals surface area contributed by atoms with E-state index in [-0.39, 0.29) is 18.0 Å². The number of para-hydroxylation sites is 1. The summed E-state index contributed by atoms with van der Waals surface area (Å²) in [5, 5.41) is 3.00. The van der Waals surface area contributed by atoms with Gasteiger partial charge in [0.15, 0.2) is 5.16 Å². The van der Waals surface area contributed by atoms with Crippen molar-refractivity contribution in [3.8, 4) is 0 Å². The lowest BCUT2D eigenvalue weighted by molar-refractivity contribution is -0.115. The summed E-state index contributed by atoms with van der Waals surface area (Å²) in [6.07, 6.45) is 1.54. The fraction of sp³-hybridized carbons (Fsp3) is 0.136. The van der Waals surface area contributed by atoms with Crippen molar-refractivity contribution in [3.63, 3.8) is 0 Å². The van der Waals surface area contributed by atoms with E-state index >= 15 is 0 Å². The van der Waals surface area contributed by atoms with Gasteiger partial charge in [0.2, 0.25) is 5.91 Å². The molecular weight excluding hydrogens is 405 g/mol. The Morgan fingerprint density at radius 3 is 2.80 bits per heavy atom. The van der Waals surface area contributed by atoms with E-state index in [4.69, 9.17) is 4.42 Å². The Labute approximate surface area is 175 Å². The van der Waals surface area contributed by atoms with Crippen LogP contribution in [0.1, 0.15) is 12.7 Å². The lowest BCUT2D eigenvalue weighted by Gasteiger charge is -2.16. The number of fused-ring (bicyclic) bond motifs is 1. The normalized spacial score (nSPS) is 12.1. The molecule has 0 aliphatic heterocycles. The summed E-state index contributed by atoms with van der Waals surface area (Å²) < 4.78 is 20.3. The van der Waals surface area contributed by atoms with Crippen molar-refractivity contribution in [1.29, 1.82) is 0 Å². The third-order valence-electron chi connectivity index (χ3n) is 4.46. The molecule has 4 aromatic rings. The van der Waals surface area contributed by atoms with Gasteiger partial charge in [-0.3, -0.25) is 14.2 Å².